The van der Waals surface area contributed by atoms with E-state index in [1.54, 1.807) is 11.8 Å². The van der Waals surface area contributed by atoms with Gasteiger partial charge in [0, 0.05) is 24.2 Å². The van der Waals surface area contributed by atoms with Crippen LogP contribution in [0.1, 0.15) is 52.5 Å². The molecule has 1 aromatic heterocycles. The minimum absolute atomic E-state index is 0.143. The highest BCUT2D eigenvalue weighted by atomic mass is 16.5. The molecule has 0 fully saturated rings. The number of carbonyl (C=O) groups excluding carboxylic acids is 2. The number of fused-ring (bicyclic) bond motifs is 3. The molecule has 1 amide bonds. The van der Waals surface area contributed by atoms with Crippen molar-refractivity contribution in [2.45, 2.75) is 51.7 Å². The summed E-state index contributed by atoms with van der Waals surface area (Å²) >= 11 is 0. The third-order valence-corrected chi connectivity index (χ3v) is 6.45. The summed E-state index contributed by atoms with van der Waals surface area (Å²) in [7, 11) is 0. The van der Waals surface area contributed by atoms with Gasteiger partial charge in [0.2, 0.25) is 0 Å². The van der Waals surface area contributed by atoms with Crippen LogP contribution in [0.3, 0.4) is 0 Å². The van der Waals surface area contributed by atoms with E-state index in [0.717, 1.165) is 59.8 Å². The fourth-order valence-corrected chi connectivity index (χ4v) is 4.82. The summed E-state index contributed by atoms with van der Waals surface area (Å²) in [6.07, 6.45) is 3.81. The first-order chi connectivity index (χ1) is 15.1. The van der Waals surface area contributed by atoms with Gasteiger partial charge >= 0.3 is 5.97 Å². The Morgan fingerprint density at radius 3 is 2.58 bits per heavy atom. The molecule has 0 spiro atoms. The van der Waals surface area contributed by atoms with Crippen LogP contribution in [0.15, 0.2) is 48.5 Å². The fraction of sp³-hybridized carbons (Fsp3) is 0.346. The Labute approximate surface area is 182 Å². The standard InChI is InChI=1S/C26H26N2O3/c1-17(25(29)28-15-14-18-8-2-3-9-19(18)16-28)31-26(30)24-20-10-4-6-12-22(20)27-23-13-7-5-11-21(23)24/h2-4,6,8-10,12,17H,5,7,11,13-16H2,1H3/t17-/m1/s1. The Morgan fingerprint density at radius 2 is 1.71 bits per heavy atom. The molecule has 0 unspecified atom stereocenters. The van der Waals surface area contributed by atoms with Crippen molar-refractivity contribution in [2.24, 2.45) is 0 Å². The van der Waals surface area contributed by atoms with Gasteiger partial charge in [-0.05, 0) is 61.8 Å². The van der Waals surface area contributed by atoms with Gasteiger partial charge in [0.05, 0.1) is 11.1 Å². The number of amides is 1. The summed E-state index contributed by atoms with van der Waals surface area (Å²) in [5.41, 5.74) is 5.82. The summed E-state index contributed by atoms with van der Waals surface area (Å²) in [4.78, 5) is 32.9. The lowest BCUT2D eigenvalue weighted by Gasteiger charge is -2.30. The third-order valence-electron chi connectivity index (χ3n) is 6.45. The number of esters is 1. The maximum atomic E-state index is 13.3. The van der Waals surface area contributed by atoms with Crippen LogP contribution in [-0.2, 0) is 35.3 Å². The first kappa shape index (κ1) is 19.7. The maximum absolute atomic E-state index is 13.3. The molecule has 1 aliphatic carbocycles. The lowest BCUT2D eigenvalue weighted by Crippen LogP contribution is -2.42. The summed E-state index contributed by atoms with van der Waals surface area (Å²) in [5, 5.41) is 0.805. The summed E-state index contributed by atoms with van der Waals surface area (Å²) in [6, 6.07) is 15.9. The molecule has 5 nitrogen and oxygen atoms in total. The largest absolute Gasteiger partial charge is 0.449 e. The molecule has 0 radical (unpaired) electrons. The highest BCUT2D eigenvalue weighted by Crippen LogP contribution is 2.30. The second-order valence-corrected chi connectivity index (χ2v) is 8.46. The number of hydrogen-bond donors (Lipinski definition) is 0. The molecule has 1 aliphatic heterocycles. The predicted molar refractivity (Wildman–Crippen MR) is 119 cm³/mol. The molecule has 0 saturated heterocycles. The van der Waals surface area contributed by atoms with Gasteiger partial charge in [-0.1, -0.05) is 42.5 Å². The van der Waals surface area contributed by atoms with E-state index in [2.05, 4.69) is 12.1 Å². The molecule has 31 heavy (non-hydrogen) atoms. The van der Waals surface area contributed by atoms with E-state index in [9.17, 15) is 9.59 Å². The quantitative estimate of drug-likeness (QED) is 0.602. The summed E-state index contributed by atoms with van der Waals surface area (Å²) < 4.78 is 5.76. The smallest absolute Gasteiger partial charge is 0.339 e. The van der Waals surface area contributed by atoms with Crippen LogP contribution < -0.4 is 0 Å². The first-order valence-corrected chi connectivity index (χ1v) is 11.1. The van der Waals surface area contributed by atoms with E-state index in [0.29, 0.717) is 18.7 Å². The molecule has 0 bridgehead atoms. The SMILES string of the molecule is C[C@@H](OC(=O)c1c2c(nc3ccccc13)CCCC2)C(=O)N1CCc2ccccc2C1. The molecule has 0 N–H and O–H groups in total. The van der Waals surface area contributed by atoms with Crippen LogP contribution >= 0.6 is 0 Å². The van der Waals surface area contributed by atoms with Gasteiger partial charge in [-0.3, -0.25) is 9.78 Å². The van der Waals surface area contributed by atoms with Gasteiger partial charge in [-0.15, -0.1) is 0 Å². The molecule has 0 saturated carbocycles. The average Bonchev–Trinajstić information content (AvgIpc) is 2.81. The van der Waals surface area contributed by atoms with Crippen LogP contribution in [-0.4, -0.2) is 34.4 Å². The molecular weight excluding hydrogens is 388 g/mol. The number of ether oxygens (including phenoxy) is 1. The van der Waals surface area contributed by atoms with Crippen LogP contribution in [0.25, 0.3) is 10.9 Å². The fourth-order valence-electron chi connectivity index (χ4n) is 4.82. The number of benzene rings is 2. The van der Waals surface area contributed by atoms with Crippen molar-refractivity contribution in [3.8, 4) is 0 Å². The third kappa shape index (κ3) is 3.69. The normalized spacial score (nSPS) is 16.4. The van der Waals surface area contributed by atoms with E-state index < -0.39 is 12.1 Å². The number of para-hydroxylation sites is 1. The lowest BCUT2D eigenvalue weighted by molar-refractivity contribution is -0.140. The van der Waals surface area contributed by atoms with E-state index in [1.807, 2.05) is 36.4 Å². The Bertz CT molecular complexity index is 1170. The summed E-state index contributed by atoms with van der Waals surface area (Å²) in [5.74, 6) is -0.565. The minimum atomic E-state index is -0.830. The van der Waals surface area contributed by atoms with Crippen molar-refractivity contribution in [1.82, 2.24) is 9.88 Å². The molecule has 3 aromatic rings. The highest BCUT2D eigenvalue weighted by molar-refractivity contribution is 6.05. The molecule has 158 valence electrons. The molecular formula is C26H26N2O3. The van der Waals surface area contributed by atoms with Crippen molar-refractivity contribution in [1.29, 1.82) is 0 Å². The monoisotopic (exact) mass is 414 g/mol. The Morgan fingerprint density at radius 1 is 0.968 bits per heavy atom. The van der Waals surface area contributed by atoms with Gasteiger partial charge in [-0.2, -0.15) is 0 Å². The number of aromatic nitrogens is 1. The maximum Gasteiger partial charge on any atom is 0.339 e. The number of pyridine rings is 1. The topological polar surface area (TPSA) is 59.5 Å². The van der Waals surface area contributed by atoms with Gasteiger partial charge in [-0.25, -0.2) is 4.79 Å². The van der Waals surface area contributed by atoms with Crippen molar-refractivity contribution in [3.05, 3.63) is 76.5 Å². The lowest BCUT2D eigenvalue weighted by atomic mass is 9.90. The van der Waals surface area contributed by atoms with Crippen LogP contribution in [0, 0.1) is 0 Å². The van der Waals surface area contributed by atoms with Gasteiger partial charge in [0.1, 0.15) is 0 Å². The Hall–Kier alpha value is -3.21. The Balaban J connectivity index is 1.39. The molecule has 2 aromatic carbocycles. The second kappa shape index (κ2) is 8.14. The number of nitrogens with zero attached hydrogens (tertiary/aromatic N) is 2. The van der Waals surface area contributed by atoms with Gasteiger partial charge < -0.3 is 9.64 Å². The molecule has 1 atom stereocenters. The van der Waals surface area contributed by atoms with E-state index in [-0.39, 0.29) is 5.91 Å². The number of hydrogen-bond acceptors (Lipinski definition) is 4. The second-order valence-electron chi connectivity index (χ2n) is 8.46. The number of aryl methyl sites for hydroxylation is 1. The van der Waals surface area contributed by atoms with Crippen molar-refractivity contribution < 1.29 is 14.3 Å². The van der Waals surface area contributed by atoms with E-state index in [1.165, 1.54) is 5.56 Å². The average molecular weight is 415 g/mol. The van der Waals surface area contributed by atoms with Crippen molar-refractivity contribution >= 4 is 22.8 Å². The summed E-state index contributed by atoms with van der Waals surface area (Å²) in [6.45, 7) is 2.88. The van der Waals surface area contributed by atoms with Gasteiger partial charge in [0.25, 0.3) is 5.91 Å². The molecule has 2 heterocycles. The van der Waals surface area contributed by atoms with Crippen LogP contribution in [0.5, 0.6) is 0 Å². The number of rotatable bonds is 3. The van der Waals surface area contributed by atoms with Crippen molar-refractivity contribution in [2.75, 3.05) is 6.54 Å². The van der Waals surface area contributed by atoms with E-state index >= 15 is 0 Å². The Kier molecular flexibility index (Phi) is 5.18. The van der Waals surface area contributed by atoms with Gasteiger partial charge in [0.15, 0.2) is 6.10 Å². The molecule has 2 aliphatic rings. The van der Waals surface area contributed by atoms with Crippen LogP contribution in [0.4, 0.5) is 0 Å². The van der Waals surface area contributed by atoms with Crippen LogP contribution in [0.2, 0.25) is 0 Å². The number of carbonyl (C=O) groups is 2. The van der Waals surface area contributed by atoms with Crippen molar-refractivity contribution in [3.63, 3.8) is 0 Å². The predicted octanol–water partition coefficient (Wildman–Crippen LogP) is 4.24. The zero-order valence-electron chi connectivity index (χ0n) is 17.8. The molecule has 5 rings (SSSR count). The minimum Gasteiger partial charge on any atom is -0.449 e. The zero-order valence-corrected chi connectivity index (χ0v) is 17.8. The van der Waals surface area contributed by atoms with E-state index in [4.69, 9.17) is 9.72 Å². The zero-order chi connectivity index (χ0) is 21.4. The molecule has 5 heteroatoms. The first-order valence-electron chi connectivity index (χ1n) is 11.1. The highest BCUT2D eigenvalue weighted by Gasteiger charge is 2.30.